The molecular weight excluding hydrogens is 462 g/mol. The molecule has 2 rings (SSSR count). The van der Waals surface area contributed by atoms with Crippen LogP contribution in [-0.2, 0) is 12.4 Å². The van der Waals surface area contributed by atoms with Gasteiger partial charge in [0.05, 0.1) is 34.4 Å². The van der Waals surface area contributed by atoms with Crippen LogP contribution in [0.2, 0.25) is 0 Å². The van der Waals surface area contributed by atoms with E-state index in [1.165, 1.54) is 24.3 Å². The fraction of sp³-hybridized carbons (Fsp3) is 0.417. The largest absolute Gasteiger partial charge is 0.490 e. The third-order valence-electron chi connectivity index (χ3n) is 4.88. The van der Waals surface area contributed by atoms with Gasteiger partial charge in [-0.3, -0.25) is 0 Å². The maximum atomic E-state index is 13.3. The Morgan fingerprint density at radius 3 is 1.76 bits per heavy atom. The van der Waals surface area contributed by atoms with Crippen LogP contribution in [0.1, 0.15) is 55.4 Å². The fourth-order valence-electron chi connectivity index (χ4n) is 3.19. The number of nitrogens with zero attached hydrogens (tertiary/aromatic N) is 2. The van der Waals surface area contributed by atoms with Crippen LogP contribution in [0.4, 0.5) is 26.3 Å². The topological polar surface area (TPSA) is 66.0 Å². The summed E-state index contributed by atoms with van der Waals surface area (Å²) in [6.07, 6.45) is -8.45. The summed E-state index contributed by atoms with van der Waals surface area (Å²) in [6.45, 7) is 3.76. The van der Waals surface area contributed by atoms with E-state index in [9.17, 15) is 26.3 Å². The quantitative estimate of drug-likeness (QED) is 0.356. The predicted octanol–water partition coefficient (Wildman–Crippen LogP) is 7.12. The van der Waals surface area contributed by atoms with Gasteiger partial charge in [-0.2, -0.15) is 36.9 Å². The lowest BCUT2D eigenvalue weighted by Crippen LogP contribution is -2.25. The summed E-state index contributed by atoms with van der Waals surface area (Å²) >= 11 is 0. The van der Waals surface area contributed by atoms with Crippen molar-refractivity contribution in [2.24, 2.45) is 5.92 Å². The molecule has 1 atom stereocenters. The fourth-order valence-corrected chi connectivity index (χ4v) is 3.19. The minimum absolute atomic E-state index is 0.139. The van der Waals surface area contributed by atoms with E-state index >= 15 is 0 Å². The highest BCUT2D eigenvalue weighted by Gasteiger charge is 2.35. The van der Waals surface area contributed by atoms with Gasteiger partial charge in [0.1, 0.15) is 24.2 Å². The normalized spacial score (nSPS) is 12.7. The number of ether oxygens (including phenoxy) is 2. The van der Waals surface area contributed by atoms with Crippen molar-refractivity contribution in [2.45, 2.75) is 51.6 Å². The van der Waals surface area contributed by atoms with Crippen molar-refractivity contribution >= 4 is 0 Å². The molecule has 0 saturated carbocycles. The first-order chi connectivity index (χ1) is 15.8. The molecule has 0 bridgehead atoms. The second-order valence-corrected chi connectivity index (χ2v) is 8.01. The molecule has 0 N–H and O–H groups in total. The molecule has 0 aliphatic carbocycles. The highest BCUT2D eigenvalue weighted by atomic mass is 19.4. The first-order valence-electron chi connectivity index (χ1n) is 10.4. The van der Waals surface area contributed by atoms with Crippen LogP contribution < -0.4 is 9.47 Å². The standard InChI is InChI=1S/C24H22F6N2O2/c1-15(2)4-3-5-20(34-19-9-7-17(13-32)22(11-19)24(28,29)30)14-33-18-8-6-16(12-31)21(10-18)23(25,26)27/h6-11,15,20H,3-5,14H2,1-2H3. The average Bonchev–Trinajstić information content (AvgIpc) is 2.75. The van der Waals surface area contributed by atoms with E-state index in [1.54, 1.807) is 0 Å². The van der Waals surface area contributed by atoms with Gasteiger partial charge in [0.25, 0.3) is 0 Å². The van der Waals surface area contributed by atoms with Gasteiger partial charge in [-0.25, -0.2) is 0 Å². The van der Waals surface area contributed by atoms with Crippen molar-refractivity contribution < 1.29 is 35.8 Å². The van der Waals surface area contributed by atoms with Gasteiger partial charge in [-0.15, -0.1) is 0 Å². The second kappa shape index (κ2) is 11.1. The minimum atomic E-state index is -4.76. The van der Waals surface area contributed by atoms with E-state index in [2.05, 4.69) is 0 Å². The zero-order valence-corrected chi connectivity index (χ0v) is 18.4. The summed E-state index contributed by atoms with van der Waals surface area (Å²) in [6, 6.07) is 8.82. The molecule has 0 fully saturated rings. The van der Waals surface area contributed by atoms with Crippen LogP contribution in [0.25, 0.3) is 0 Å². The number of rotatable bonds is 9. The molecule has 2 aromatic rings. The Kier molecular flexibility index (Phi) is 8.80. The van der Waals surface area contributed by atoms with Gasteiger partial charge in [0.2, 0.25) is 0 Å². The van der Waals surface area contributed by atoms with E-state index in [0.29, 0.717) is 24.8 Å². The van der Waals surface area contributed by atoms with Gasteiger partial charge in [-0.1, -0.05) is 20.3 Å². The number of alkyl halides is 6. The second-order valence-electron chi connectivity index (χ2n) is 8.01. The maximum Gasteiger partial charge on any atom is 0.417 e. The molecule has 0 radical (unpaired) electrons. The smallest absolute Gasteiger partial charge is 0.417 e. The van der Waals surface area contributed by atoms with Gasteiger partial charge in [0, 0.05) is 0 Å². The van der Waals surface area contributed by atoms with Gasteiger partial charge >= 0.3 is 12.4 Å². The number of halogens is 6. The summed E-state index contributed by atoms with van der Waals surface area (Å²) < 4.78 is 90.5. The van der Waals surface area contributed by atoms with Crippen LogP contribution in [0.15, 0.2) is 36.4 Å². The minimum Gasteiger partial charge on any atom is -0.490 e. The molecule has 0 amide bonds. The highest BCUT2D eigenvalue weighted by molar-refractivity contribution is 5.45. The highest BCUT2D eigenvalue weighted by Crippen LogP contribution is 2.36. The Balaban J connectivity index is 2.24. The third kappa shape index (κ3) is 7.58. The van der Waals surface area contributed by atoms with Crippen molar-refractivity contribution in [1.29, 1.82) is 10.5 Å². The number of benzene rings is 2. The Morgan fingerprint density at radius 1 is 0.794 bits per heavy atom. The summed E-state index contributed by atoms with van der Waals surface area (Å²) in [4.78, 5) is 0. The molecule has 0 aliphatic rings. The van der Waals surface area contributed by atoms with Gasteiger partial charge < -0.3 is 9.47 Å². The lowest BCUT2D eigenvalue weighted by Gasteiger charge is -2.21. The number of nitriles is 2. The summed E-state index contributed by atoms with van der Waals surface area (Å²) in [5.74, 6) is 0.0704. The lowest BCUT2D eigenvalue weighted by molar-refractivity contribution is -0.138. The van der Waals surface area contributed by atoms with E-state index < -0.39 is 40.7 Å². The summed E-state index contributed by atoms with van der Waals surface area (Å²) in [5.41, 5.74) is -3.39. The maximum absolute atomic E-state index is 13.3. The Hall–Kier alpha value is -3.40. The zero-order chi connectivity index (χ0) is 25.5. The van der Waals surface area contributed by atoms with Crippen molar-refractivity contribution in [2.75, 3.05) is 6.61 Å². The summed E-state index contributed by atoms with van der Waals surface area (Å²) in [7, 11) is 0. The number of hydrogen-bond donors (Lipinski definition) is 0. The van der Waals surface area contributed by atoms with E-state index in [4.69, 9.17) is 20.0 Å². The first-order valence-corrected chi connectivity index (χ1v) is 10.4. The van der Waals surface area contributed by atoms with E-state index in [-0.39, 0.29) is 18.1 Å². The molecular formula is C24H22F6N2O2. The van der Waals surface area contributed by atoms with Crippen molar-refractivity contribution in [1.82, 2.24) is 0 Å². The van der Waals surface area contributed by atoms with Crippen LogP contribution >= 0.6 is 0 Å². The molecule has 2 aromatic carbocycles. The SMILES string of the molecule is CC(C)CCCC(COc1ccc(C#N)c(C(F)(F)F)c1)Oc1ccc(C#N)c(C(F)(F)F)c1. The molecule has 0 spiro atoms. The van der Waals surface area contributed by atoms with E-state index in [1.807, 2.05) is 13.8 Å². The van der Waals surface area contributed by atoms with Crippen LogP contribution in [0.5, 0.6) is 11.5 Å². The molecule has 0 aromatic heterocycles. The van der Waals surface area contributed by atoms with Crippen LogP contribution in [0, 0.1) is 28.6 Å². The number of hydrogen-bond acceptors (Lipinski definition) is 4. The lowest BCUT2D eigenvalue weighted by atomic mass is 10.0. The van der Waals surface area contributed by atoms with Gasteiger partial charge in [0.15, 0.2) is 0 Å². The third-order valence-corrected chi connectivity index (χ3v) is 4.88. The molecule has 4 nitrogen and oxygen atoms in total. The molecule has 0 saturated heterocycles. The van der Waals surface area contributed by atoms with E-state index in [0.717, 1.165) is 24.6 Å². The predicted molar refractivity (Wildman–Crippen MR) is 111 cm³/mol. The average molecular weight is 484 g/mol. The van der Waals surface area contributed by atoms with Crippen molar-refractivity contribution in [3.63, 3.8) is 0 Å². The molecule has 0 aliphatic heterocycles. The van der Waals surface area contributed by atoms with Crippen LogP contribution in [-0.4, -0.2) is 12.7 Å². The van der Waals surface area contributed by atoms with Gasteiger partial charge in [-0.05, 0) is 55.2 Å². The first kappa shape index (κ1) is 26.8. The molecule has 10 heteroatoms. The Morgan fingerprint density at radius 2 is 1.29 bits per heavy atom. The zero-order valence-electron chi connectivity index (χ0n) is 18.4. The Bertz CT molecular complexity index is 1070. The van der Waals surface area contributed by atoms with Crippen molar-refractivity contribution in [3.05, 3.63) is 58.7 Å². The summed E-state index contributed by atoms with van der Waals surface area (Å²) in [5, 5.41) is 17.8. The molecule has 182 valence electrons. The molecule has 1 unspecified atom stereocenters. The Labute approximate surface area is 193 Å². The van der Waals surface area contributed by atoms with Crippen molar-refractivity contribution in [3.8, 4) is 23.6 Å². The monoisotopic (exact) mass is 484 g/mol. The molecule has 0 heterocycles. The van der Waals surface area contributed by atoms with Crippen LogP contribution in [0.3, 0.4) is 0 Å². The molecule has 34 heavy (non-hydrogen) atoms.